The number of aromatic hydroxyl groups is 2. The van der Waals surface area contributed by atoms with Crippen LogP contribution in [0.3, 0.4) is 0 Å². The Morgan fingerprint density at radius 2 is 1.33 bits per heavy atom. The van der Waals surface area contributed by atoms with Crippen LogP contribution in [-0.2, 0) is 46.5 Å². The summed E-state index contributed by atoms with van der Waals surface area (Å²) in [5.41, 5.74) is 0.880. The molecule has 1 fully saturated rings. The molecule has 0 bridgehead atoms. The van der Waals surface area contributed by atoms with Crippen molar-refractivity contribution in [1.29, 1.82) is 0 Å². The Kier molecular flexibility index (Phi) is 11.3. The van der Waals surface area contributed by atoms with Gasteiger partial charge in [0.25, 0.3) is 0 Å². The molecule has 0 unspecified atom stereocenters. The molecule has 4 atom stereocenters. The number of benzene rings is 4. The molecule has 5 aromatic rings. The molecule has 0 saturated carbocycles. The summed E-state index contributed by atoms with van der Waals surface area (Å²) in [6.07, 6.45) is -5.81. The zero-order valence-corrected chi connectivity index (χ0v) is 29.4. The fourth-order valence-electron chi connectivity index (χ4n) is 5.82. The van der Waals surface area contributed by atoms with Gasteiger partial charge in [-0.25, -0.2) is 0 Å². The van der Waals surface area contributed by atoms with Gasteiger partial charge in [-0.05, 0) is 29.3 Å². The standard InChI is InChI=1S/C40H36O14/c1-22(41)50-33-21-49-40(39(52-24(3)43)37(33)51-23(2)42)54-38-35(46)34-30(45)17-28(47-19-25-10-6-4-7-11-25)18-32(34)53-36(38)27-14-15-31(29(44)16-27)48-20-26-12-8-5-9-13-26/h4-18,33,37,39-40,44-45H,19-21H2,1-3H3/t33-,37+,39-,40+/m1/s1. The summed E-state index contributed by atoms with van der Waals surface area (Å²) in [5, 5.41) is 21.9. The van der Waals surface area contributed by atoms with E-state index in [0.29, 0.717) is 0 Å². The molecule has 54 heavy (non-hydrogen) atoms. The predicted molar refractivity (Wildman–Crippen MR) is 190 cm³/mol. The molecule has 1 aliphatic heterocycles. The highest BCUT2D eigenvalue weighted by Crippen LogP contribution is 2.40. The van der Waals surface area contributed by atoms with Gasteiger partial charge in [-0.2, -0.15) is 0 Å². The number of ether oxygens (including phenoxy) is 7. The number of phenolic OH excluding ortho intramolecular Hbond substituents is 2. The predicted octanol–water partition coefficient (Wildman–Crippen LogP) is 5.56. The van der Waals surface area contributed by atoms with E-state index < -0.39 is 66.0 Å². The topological polar surface area (TPSA) is 186 Å². The van der Waals surface area contributed by atoms with Crippen molar-refractivity contribution in [2.24, 2.45) is 0 Å². The molecule has 2 heterocycles. The number of hydrogen-bond donors (Lipinski definition) is 2. The Labute approximate surface area is 308 Å². The molecule has 4 aromatic carbocycles. The number of carbonyl (C=O) groups excluding carboxylic acids is 3. The molecular formula is C40H36O14. The minimum absolute atomic E-state index is 0.0943. The van der Waals surface area contributed by atoms with E-state index in [4.69, 9.17) is 37.6 Å². The lowest BCUT2D eigenvalue weighted by molar-refractivity contribution is -0.260. The maximum Gasteiger partial charge on any atom is 0.303 e. The van der Waals surface area contributed by atoms with Gasteiger partial charge in [0.1, 0.15) is 35.7 Å². The highest BCUT2D eigenvalue weighted by Gasteiger charge is 2.49. The smallest absolute Gasteiger partial charge is 0.303 e. The summed E-state index contributed by atoms with van der Waals surface area (Å²) in [5.74, 6) is -3.58. The second-order valence-electron chi connectivity index (χ2n) is 12.3. The van der Waals surface area contributed by atoms with Crippen molar-refractivity contribution in [3.8, 4) is 40.1 Å². The van der Waals surface area contributed by atoms with E-state index in [9.17, 15) is 29.4 Å². The third kappa shape index (κ3) is 8.73. The molecule has 0 amide bonds. The molecule has 1 saturated heterocycles. The molecule has 1 aliphatic rings. The zero-order chi connectivity index (χ0) is 38.4. The monoisotopic (exact) mass is 740 g/mol. The first-order chi connectivity index (χ1) is 26.0. The molecule has 14 heteroatoms. The highest BCUT2D eigenvalue weighted by molar-refractivity contribution is 5.88. The van der Waals surface area contributed by atoms with E-state index in [1.54, 1.807) is 0 Å². The molecule has 0 radical (unpaired) electrons. The van der Waals surface area contributed by atoms with Gasteiger partial charge in [-0.3, -0.25) is 19.2 Å². The van der Waals surface area contributed by atoms with Gasteiger partial charge in [0, 0.05) is 38.5 Å². The van der Waals surface area contributed by atoms with Crippen LogP contribution in [0.4, 0.5) is 0 Å². The maximum atomic E-state index is 14.3. The van der Waals surface area contributed by atoms with Crippen LogP contribution in [0.1, 0.15) is 31.9 Å². The van der Waals surface area contributed by atoms with Gasteiger partial charge < -0.3 is 47.8 Å². The number of rotatable bonds is 12. The lowest BCUT2D eigenvalue weighted by atomic mass is 10.0. The van der Waals surface area contributed by atoms with E-state index in [-0.39, 0.29) is 52.8 Å². The van der Waals surface area contributed by atoms with Crippen LogP contribution in [0.5, 0.6) is 28.7 Å². The lowest BCUT2D eigenvalue weighted by Crippen LogP contribution is -2.59. The molecular weight excluding hydrogens is 704 g/mol. The van der Waals surface area contributed by atoms with Crippen molar-refractivity contribution in [2.45, 2.75) is 58.6 Å². The third-order valence-electron chi connectivity index (χ3n) is 8.15. The first-order valence-corrected chi connectivity index (χ1v) is 16.8. The Bertz CT molecular complexity index is 2200. The lowest BCUT2D eigenvalue weighted by Gasteiger charge is -2.40. The summed E-state index contributed by atoms with van der Waals surface area (Å²) in [6, 6.07) is 25.5. The van der Waals surface area contributed by atoms with Crippen LogP contribution in [-0.4, -0.2) is 59.3 Å². The van der Waals surface area contributed by atoms with Gasteiger partial charge in [0.15, 0.2) is 29.5 Å². The van der Waals surface area contributed by atoms with Gasteiger partial charge in [0.2, 0.25) is 23.6 Å². The normalized spacial score (nSPS) is 18.0. The Morgan fingerprint density at radius 3 is 1.94 bits per heavy atom. The van der Waals surface area contributed by atoms with Crippen LogP contribution in [0.15, 0.2) is 100 Å². The van der Waals surface area contributed by atoms with Crippen molar-refractivity contribution in [1.82, 2.24) is 0 Å². The van der Waals surface area contributed by atoms with Crippen molar-refractivity contribution in [3.05, 3.63) is 112 Å². The minimum Gasteiger partial charge on any atom is -0.507 e. The molecule has 1 aromatic heterocycles. The second kappa shape index (κ2) is 16.4. The number of hydrogen-bond acceptors (Lipinski definition) is 14. The van der Waals surface area contributed by atoms with Crippen molar-refractivity contribution in [3.63, 3.8) is 0 Å². The molecule has 2 N–H and O–H groups in total. The molecule has 0 aliphatic carbocycles. The summed E-state index contributed by atoms with van der Waals surface area (Å²) >= 11 is 0. The number of fused-ring (bicyclic) bond motifs is 1. The average Bonchev–Trinajstić information content (AvgIpc) is 3.13. The first kappa shape index (κ1) is 37.2. The van der Waals surface area contributed by atoms with Gasteiger partial charge in [-0.15, -0.1) is 0 Å². The fourth-order valence-corrected chi connectivity index (χ4v) is 5.82. The van der Waals surface area contributed by atoms with Crippen LogP contribution < -0.4 is 19.6 Å². The SMILES string of the molecule is CC(=O)O[C@@H]1[C@@H](OC(C)=O)[C@H](Oc2c(-c3ccc(OCc4ccccc4)c(O)c3)oc3cc(OCc4ccccc4)cc(O)c3c2=O)OC[C@H]1OC(C)=O. The average molecular weight is 741 g/mol. The quantitative estimate of drug-likeness (QED) is 0.120. The fraction of sp³-hybridized carbons (Fsp3) is 0.250. The van der Waals surface area contributed by atoms with Crippen molar-refractivity contribution >= 4 is 28.9 Å². The molecule has 0 spiro atoms. The number of esters is 3. The third-order valence-corrected chi connectivity index (χ3v) is 8.15. The van der Waals surface area contributed by atoms with Crippen molar-refractivity contribution in [2.75, 3.05) is 6.61 Å². The number of carbonyl (C=O) groups is 3. The van der Waals surface area contributed by atoms with Crippen LogP contribution in [0, 0.1) is 0 Å². The van der Waals surface area contributed by atoms with Gasteiger partial charge in [-0.1, -0.05) is 60.7 Å². The van der Waals surface area contributed by atoms with E-state index in [0.717, 1.165) is 31.9 Å². The zero-order valence-electron chi connectivity index (χ0n) is 29.4. The van der Waals surface area contributed by atoms with Crippen LogP contribution in [0.2, 0.25) is 0 Å². The van der Waals surface area contributed by atoms with Gasteiger partial charge >= 0.3 is 17.9 Å². The largest absolute Gasteiger partial charge is 0.507 e. The van der Waals surface area contributed by atoms with Gasteiger partial charge in [0.05, 0.1) is 6.61 Å². The molecule has 6 rings (SSSR count). The van der Waals surface area contributed by atoms with E-state index >= 15 is 0 Å². The Balaban J connectivity index is 1.43. The highest BCUT2D eigenvalue weighted by atomic mass is 16.7. The molecule has 280 valence electrons. The summed E-state index contributed by atoms with van der Waals surface area (Å²) in [4.78, 5) is 50.6. The van der Waals surface area contributed by atoms with E-state index in [1.807, 2.05) is 60.7 Å². The van der Waals surface area contributed by atoms with Crippen LogP contribution in [0.25, 0.3) is 22.3 Å². The number of phenols is 2. The minimum atomic E-state index is -1.64. The second-order valence-corrected chi connectivity index (χ2v) is 12.3. The first-order valence-electron chi connectivity index (χ1n) is 16.8. The molecule has 14 nitrogen and oxygen atoms in total. The Morgan fingerprint density at radius 1 is 0.722 bits per heavy atom. The summed E-state index contributed by atoms with van der Waals surface area (Å²) in [7, 11) is 0. The summed E-state index contributed by atoms with van der Waals surface area (Å²) < 4.78 is 46.1. The van der Waals surface area contributed by atoms with E-state index in [1.165, 1.54) is 30.3 Å². The Hall–Kier alpha value is -6.54. The summed E-state index contributed by atoms with van der Waals surface area (Å²) in [6.45, 7) is 3.25. The van der Waals surface area contributed by atoms with E-state index in [2.05, 4.69) is 0 Å². The maximum absolute atomic E-state index is 14.3. The van der Waals surface area contributed by atoms with Crippen LogP contribution >= 0.6 is 0 Å². The van der Waals surface area contributed by atoms with Crippen molar-refractivity contribution < 1.29 is 62.2 Å².